The first kappa shape index (κ1) is 20.2. The largest absolute Gasteiger partial charge is 0.444 e. The van der Waals surface area contributed by atoms with Crippen LogP contribution >= 0.6 is 0 Å². The van der Waals surface area contributed by atoms with E-state index < -0.39 is 5.60 Å². The molecule has 5 nitrogen and oxygen atoms in total. The molecule has 0 spiro atoms. The summed E-state index contributed by atoms with van der Waals surface area (Å²) in [5.74, 6) is 0. The van der Waals surface area contributed by atoms with Gasteiger partial charge in [-0.05, 0) is 73.1 Å². The molecule has 0 aromatic carbocycles. The third-order valence-corrected chi connectivity index (χ3v) is 4.25. The summed E-state index contributed by atoms with van der Waals surface area (Å²) in [4.78, 5) is 14.3. The Morgan fingerprint density at radius 3 is 2.61 bits per heavy atom. The highest BCUT2D eigenvalue weighted by Gasteiger charge is 2.31. The Balaban J connectivity index is 2.52. The number of ether oxygens (including phenoxy) is 1. The molecular weight excluding hydrogens is 292 g/mol. The number of aliphatic hydroxyl groups excluding tert-OH is 1. The molecule has 2 N–H and O–H groups in total. The van der Waals surface area contributed by atoms with Crippen LogP contribution in [0.3, 0.4) is 0 Å². The van der Waals surface area contributed by atoms with Crippen molar-refractivity contribution in [2.45, 2.75) is 96.9 Å². The second kappa shape index (κ2) is 9.48. The van der Waals surface area contributed by atoms with E-state index in [1.165, 1.54) is 6.42 Å². The molecule has 1 amide bonds. The van der Waals surface area contributed by atoms with E-state index in [1.54, 1.807) is 0 Å². The quantitative estimate of drug-likeness (QED) is 0.753. The minimum Gasteiger partial charge on any atom is -0.444 e. The Labute approximate surface area is 141 Å². The number of carbonyl (C=O) groups excluding carboxylic acids is 1. The molecular formula is C18H36N2O3. The molecule has 1 heterocycles. The number of hydrogen-bond donors (Lipinski definition) is 2. The van der Waals surface area contributed by atoms with E-state index in [2.05, 4.69) is 19.2 Å². The van der Waals surface area contributed by atoms with Gasteiger partial charge in [0.15, 0.2) is 0 Å². The van der Waals surface area contributed by atoms with Gasteiger partial charge in [0.05, 0.1) is 0 Å². The molecule has 0 aromatic rings. The average Bonchev–Trinajstić information content (AvgIpc) is 2.43. The highest BCUT2D eigenvalue weighted by atomic mass is 16.6. The maximum Gasteiger partial charge on any atom is 0.410 e. The first-order valence-corrected chi connectivity index (χ1v) is 9.09. The van der Waals surface area contributed by atoms with Crippen LogP contribution in [0.25, 0.3) is 0 Å². The highest BCUT2D eigenvalue weighted by molar-refractivity contribution is 5.68. The van der Waals surface area contributed by atoms with Crippen LogP contribution in [-0.2, 0) is 4.74 Å². The smallest absolute Gasteiger partial charge is 0.410 e. The van der Waals surface area contributed by atoms with Crippen molar-refractivity contribution < 1.29 is 14.6 Å². The van der Waals surface area contributed by atoms with Gasteiger partial charge < -0.3 is 20.1 Å². The number of hydrogen-bond acceptors (Lipinski definition) is 4. The number of carbonyl (C=O) groups is 1. The number of nitrogens with one attached hydrogen (secondary N) is 1. The van der Waals surface area contributed by atoms with Crippen molar-refractivity contribution in [1.82, 2.24) is 10.2 Å². The van der Waals surface area contributed by atoms with Gasteiger partial charge in [-0.1, -0.05) is 0 Å². The Morgan fingerprint density at radius 2 is 2.00 bits per heavy atom. The van der Waals surface area contributed by atoms with Gasteiger partial charge in [-0.15, -0.1) is 0 Å². The second-order valence-electron chi connectivity index (χ2n) is 7.89. The van der Waals surface area contributed by atoms with E-state index in [0.717, 1.165) is 38.6 Å². The summed E-state index contributed by atoms with van der Waals surface area (Å²) in [7, 11) is 0. The van der Waals surface area contributed by atoms with Crippen molar-refractivity contribution in [3.05, 3.63) is 0 Å². The molecule has 1 saturated heterocycles. The molecule has 1 aliphatic heterocycles. The lowest BCUT2D eigenvalue weighted by Crippen LogP contribution is -2.49. The van der Waals surface area contributed by atoms with E-state index in [9.17, 15) is 4.79 Å². The monoisotopic (exact) mass is 328 g/mol. The van der Waals surface area contributed by atoms with Gasteiger partial charge >= 0.3 is 6.09 Å². The summed E-state index contributed by atoms with van der Waals surface area (Å²) in [6.07, 6.45) is 5.86. The van der Waals surface area contributed by atoms with Crippen molar-refractivity contribution in [3.8, 4) is 0 Å². The van der Waals surface area contributed by atoms with Gasteiger partial charge in [0.25, 0.3) is 0 Å². The number of likely N-dealkylation sites (tertiary alicyclic amines) is 1. The zero-order valence-corrected chi connectivity index (χ0v) is 15.6. The minimum absolute atomic E-state index is 0.178. The molecule has 5 heteroatoms. The third kappa shape index (κ3) is 8.02. The highest BCUT2D eigenvalue weighted by Crippen LogP contribution is 2.23. The molecule has 0 aromatic heterocycles. The molecule has 1 fully saturated rings. The zero-order chi connectivity index (χ0) is 17.5. The average molecular weight is 328 g/mol. The standard InChI is InChI=1S/C18H36N2O3/c1-14(9-8-12-21)19-15(2)13-16-10-6-7-11-20(16)17(22)23-18(3,4)5/h14-16,19,21H,6-13H2,1-5H3. The van der Waals surface area contributed by atoms with Crippen LogP contribution in [0.2, 0.25) is 0 Å². The lowest BCUT2D eigenvalue weighted by atomic mass is 9.96. The maximum atomic E-state index is 12.4. The Morgan fingerprint density at radius 1 is 1.30 bits per heavy atom. The molecule has 23 heavy (non-hydrogen) atoms. The van der Waals surface area contributed by atoms with Crippen molar-refractivity contribution in [2.75, 3.05) is 13.2 Å². The van der Waals surface area contributed by atoms with Crippen LogP contribution < -0.4 is 5.32 Å². The summed E-state index contributed by atoms with van der Waals surface area (Å²) in [5, 5.41) is 12.5. The molecule has 0 bridgehead atoms. The van der Waals surface area contributed by atoms with Crippen molar-refractivity contribution in [2.24, 2.45) is 0 Å². The van der Waals surface area contributed by atoms with Crippen LogP contribution in [0.15, 0.2) is 0 Å². The number of nitrogens with zero attached hydrogens (tertiary/aromatic N) is 1. The Bertz CT molecular complexity index is 355. The fourth-order valence-electron chi connectivity index (χ4n) is 3.25. The Hall–Kier alpha value is -0.810. The lowest BCUT2D eigenvalue weighted by molar-refractivity contribution is 0.00779. The van der Waals surface area contributed by atoms with Gasteiger partial charge in [-0.25, -0.2) is 4.79 Å². The van der Waals surface area contributed by atoms with Crippen molar-refractivity contribution in [3.63, 3.8) is 0 Å². The van der Waals surface area contributed by atoms with Crippen LogP contribution in [-0.4, -0.2) is 53.0 Å². The fraction of sp³-hybridized carbons (Fsp3) is 0.944. The number of amides is 1. The summed E-state index contributed by atoms with van der Waals surface area (Å²) >= 11 is 0. The van der Waals surface area contributed by atoms with Gasteiger partial charge in [-0.2, -0.15) is 0 Å². The summed E-state index contributed by atoms with van der Waals surface area (Å²) in [6.45, 7) is 11.1. The predicted octanol–water partition coefficient (Wildman–Crippen LogP) is 3.31. The first-order chi connectivity index (χ1) is 10.7. The summed E-state index contributed by atoms with van der Waals surface area (Å²) in [5.41, 5.74) is -0.443. The molecule has 3 unspecified atom stereocenters. The molecule has 0 saturated carbocycles. The SMILES string of the molecule is CC(CCCO)NC(C)CC1CCCCN1C(=O)OC(C)(C)C. The van der Waals surface area contributed by atoms with Crippen LogP contribution in [0.4, 0.5) is 4.79 Å². The molecule has 3 atom stereocenters. The van der Waals surface area contributed by atoms with E-state index in [4.69, 9.17) is 9.84 Å². The van der Waals surface area contributed by atoms with Crippen LogP contribution in [0.5, 0.6) is 0 Å². The van der Waals surface area contributed by atoms with E-state index >= 15 is 0 Å². The second-order valence-corrected chi connectivity index (χ2v) is 7.89. The minimum atomic E-state index is -0.443. The van der Waals surface area contributed by atoms with E-state index in [0.29, 0.717) is 12.1 Å². The molecule has 0 radical (unpaired) electrons. The molecule has 0 aliphatic carbocycles. The topological polar surface area (TPSA) is 61.8 Å². The van der Waals surface area contributed by atoms with Gasteiger partial charge in [-0.3, -0.25) is 0 Å². The first-order valence-electron chi connectivity index (χ1n) is 9.09. The van der Waals surface area contributed by atoms with Crippen molar-refractivity contribution in [1.29, 1.82) is 0 Å². The van der Waals surface area contributed by atoms with Gasteiger partial charge in [0.2, 0.25) is 0 Å². The molecule has 1 rings (SSSR count). The predicted molar refractivity (Wildman–Crippen MR) is 93.6 cm³/mol. The number of rotatable bonds is 7. The number of aliphatic hydroxyl groups is 1. The van der Waals surface area contributed by atoms with E-state index in [1.807, 2.05) is 25.7 Å². The molecule has 136 valence electrons. The maximum absolute atomic E-state index is 12.4. The van der Waals surface area contributed by atoms with Crippen molar-refractivity contribution >= 4 is 6.09 Å². The normalized spacial score (nSPS) is 21.8. The summed E-state index contributed by atoms with van der Waals surface area (Å²) < 4.78 is 5.56. The fourth-order valence-corrected chi connectivity index (χ4v) is 3.25. The van der Waals surface area contributed by atoms with Gasteiger partial charge in [0, 0.05) is 31.3 Å². The van der Waals surface area contributed by atoms with E-state index in [-0.39, 0.29) is 18.7 Å². The Kier molecular flexibility index (Phi) is 8.34. The summed E-state index contributed by atoms with van der Waals surface area (Å²) in [6, 6.07) is 0.985. The zero-order valence-electron chi connectivity index (χ0n) is 15.6. The van der Waals surface area contributed by atoms with Crippen LogP contribution in [0.1, 0.15) is 73.1 Å². The lowest BCUT2D eigenvalue weighted by Gasteiger charge is -2.38. The van der Waals surface area contributed by atoms with Crippen LogP contribution in [0, 0.1) is 0 Å². The molecule has 1 aliphatic rings. The third-order valence-electron chi connectivity index (χ3n) is 4.25. The van der Waals surface area contributed by atoms with Gasteiger partial charge in [0.1, 0.15) is 5.60 Å². The number of piperidine rings is 1.